The molecule has 2 N–H and O–H groups in total. The maximum Gasteiger partial charge on any atom is 0.279 e. The zero-order chi connectivity index (χ0) is 14.3. The number of aromatic amines is 2. The number of nitrogens with zero attached hydrogens (tertiary/aromatic N) is 2. The van der Waals surface area contributed by atoms with Gasteiger partial charge in [0, 0.05) is 10.0 Å². The molecule has 0 amide bonds. The van der Waals surface area contributed by atoms with E-state index in [-0.39, 0.29) is 11.5 Å². The van der Waals surface area contributed by atoms with E-state index in [2.05, 4.69) is 36.1 Å². The molecular weight excluding hydrogens is 320 g/mol. The van der Waals surface area contributed by atoms with Gasteiger partial charge in [-0.25, -0.2) is 4.98 Å². The molecule has 0 saturated carbocycles. The Morgan fingerprint density at radius 1 is 1.20 bits per heavy atom. The number of benzene rings is 1. The van der Waals surface area contributed by atoms with Crippen molar-refractivity contribution in [3.8, 4) is 11.4 Å². The fourth-order valence-corrected chi connectivity index (χ4v) is 2.58. The topological polar surface area (TPSA) is 74.4 Å². The fraction of sp³-hybridized carbons (Fsp3) is 0.214. The molecule has 2 heterocycles. The summed E-state index contributed by atoms with van der Waals surface area (Å²) in [4.78, 5) is 19.5. The Labute approximate surface area is 123 Å². The van der Waals surface area contributed by atoms with Crippen LogP contribution in [0.2, 0.25) is 0 Å². The molecule has 0 unspecified atom stereocenters. The second-order valence-electron chi connectivity index (χ2n) is 4.88. The van der Waals surface area contributed by atoms with Gasteiger partial charge in [-0.3, -0.25) is 9.89 Å². The molecule has 0 bridgehead atoms. The molecule has 6 heteroatoms. The minimum absolute atomic E-state index is 0.223. The van der Waals surface area contributed by atoms with Crippen LogP contribution < -0.4 is 5.56 Å². The van der Waals surface area contributed by atoms with E-state index in [1.165, 1.54) is 0 Å². The van der Waals surface area contributed by atoms with Crippen LogP contribution in [0.25, 0.3) is 22.4 Å². The van der Waals surface area contributed by atoms with Gasteiger partial charge < -0.3 is 4.98 Å². The molecule has 3 aromatic rings. The number of fused-ring (bicyclic) bond motifs is 1. The number of H-pyrrole nitrogens is 2. The van der Waals surface area contributed by atoms with Gasteiger partial charge >= 0.3 is 0 Å². The highest BCUT2D eigenvalue weighted by Gasteiger charge is 2.15. The van der Waals surface area contributed by atoms with Crippen molar-refractivity contribution in [3.05, 3.63) is 44.8 Å². The zero-order valence-corrected chi connectivity index (χ0v) is 12.7. The van der Waals surface area contributed by atoms with E-state index in [1.54, 1.807) is 0 Å². The molecule has 0 saturated heterocycles. The van der Waals surface area contributed by atoms with E-state index >= 15 is 0 Å². The van der Waals surface area contributed by atoms with E-state index in [0.717, 1.165) is 15.7 Å². The summed E-state index contributed by atoms with van der Waals surface area (Å²) in [6, 6.07) is 7.65. The first-order valence-corrected chi connectivity index (χ1v) is 7.10. The van der Waals surface area contributed by atoms with Gasteiger partial charge in [-0.1, -0.05) is 48.0 Å². The van der Waals surface area contributed by atoms with E-state index in [1.807, 2.05) is 38.1 Å². The molecule has 0 aliphatic carbocycles. The van der Waals surface area contributed by atoms with Gasteiger partial charge in [-0.2, -0.15) is 5.10 Å². The molecule has 0 spiro atoms. The van der Waals surface area contributed by atoms with Gasteiger partial charge in [0.25, 0.3) is 5.56 Å². The fourth-order valence-electron chi connectivity index (χ4n) is 2.11. The highest BCUT2D eigenvalue weighted by Crippen LogP contribution is 2.26. The van der Waals surface area contributed by atoms with Gasteiger partial charge in [-0.05, 0) is 12.0 Å². The summed E-state index contributed by atoms with van der Waals surface area (Å²) in [5, 5.41) is 6.96. The lowest BCUT2D eigenvalue weighted by molar-refractivity contribution is 0.815. The lowest BCUT2D eigenvalue weighted by Crippen LogP contribution is -2.10. The normalized spacial score (nSPS) is 11.4. The molecule has 0 radical (unpaired) electrons. The molecule has 1 aromatic carbocycles. The first-order chi connectivity index (χ1) is 9.58. The van der Waals surface area contributed by atoms with Crippen LogP contribution in [0.4, 0.5) is 0 Å². The first kappa shape index (κ1) is 13.1. The van der Waals surface area contributed by atoms with Gasteiger partial charge in [0.15, 0.2) is 5.52 Å². The number of nitrogens with one attached hydrogen (secondary N) is 2. The van der Waals surface area contributed by atoms with Crippen molar-refractivity contribution in [2.24, 2.45) is 0 Å². The highest BCUT2D eigenvalue weighted by atomic mass is 79.9. The van der Waals surface area contributed by atoms with Crippen LogP contribution in [0.5, 0.6) is 0 Å². The standard InChI is InChI=1S/C14H13BrN4O/c1-7(2)10-11-12(19-18-10)14(20)17-13(16-11)8-5-3-4-6-9(8)15/h3-7H,1-2H3,(H,18,19)(H,16,17,20). The Morgan fingerprint density at radius 3 is 2.65 bits per heavy atom. The van der Waals surface area contributed by atoms with Gasteiger partial charge in [-0.15, -0.1) is 0 Å². The van der Waals surface area contributed by atoms with Gasteiger partial charge in [0.1, 0.15) is 11.3 Å². The van der Waals surface area contributed by atoms with Crippen molar-refractivity contribution in [1.82, 2.24) is 20.2 Å². The average Bonchev–Trinajstić information content (AvgIpc) is 2.83. The minimum atomic E-state index is -0.232. The van der Waals surface area contributed by atoms with Crippen LogP contribution in [-0.4, -0.2) is 20.2 Å². The third-order valence-electron chi connectivity index (χ3n) is 3.14. The Balaban J connectivity index is 2.31. The Bertz CT molecular complexity index is 835. The van der Waals surface area contributed by atoms with Crippen LogP contribution in [0.3, 0.4) is 0 Å². The molecule has 102 valence electrons. The zero-order valence-electron chi connectivity index (χ0n) is 11.1. The molecule has 0 atom stereocenters. The Morgan fingerprint density at radius 2 is 1.95 bits per heavy atom. The van der Waals surface area contributed by atoms with Crippen molar-refractivity contribution < 1.29 is 0 Å². The van der Waals surface area contributed by atoms with E-state index in [0.29, 0.717) is 16.9 Å². The van der Waals surface area contributed by atoms with Crippen LogP contribution in [0.1, 0.15) is 25.5 Å². The minimum Gasteiger partial charge on any atom is -0.305 e. The predicted molar refractivity (Wildman–Crippen MR) is 81.7 cm³/mol. The van der Waals surface area contributed by atoms with Crippen LogP contribution in [-0.2, 0) is 0 Å². The number of rotatable bonds is 2. The summed E-state index contributed by atoms with van der Waals surface area (Å²) >= 11 is 3.47. The quantitative estimate of drug-likeness (QED) is 0.756. The number of hydrogen-bond acceptors (Lipinski definition) is 3. The summed E-state index contributed by atoms with van der Waals surface area (Å²) in [7, 11) is 0. The van der Waals surface area contributed by atoms with Crippen molar-refractivity contribution in [1.29, 1.82) is 0 Å². The van der Waals surface area contributed by atoms with Gasteiger partial charge in [0.2, 0.25) is 0 Å². The number of hydrogen-bond donors (Lipinski definition) is 2. The van der Waals surface area contributed by atoms with Crippen LogP contribution in [0.15, 0.2) is 33.5 Å². The summed E-state index contributed by atoms with van der Waals surface area (Å²) in [6.45, 7) is 4.07. The summed E-state index contributed by atoms with van der Waals surface area (Å²) in [5.74, 6) is 0.764. The molecular formula is C14H13BrN4O. The van der Waals surface area contributed by atoms with E-state index in [4.69, 9.17) is 0 Å². The van der Waals surface area contributed by atoms with Crippen LogP contribution >= 0.6 is 15.9 Å². The molecule has 0 aliphatic rings. The largest absolute Gasteiger partial charge is 0.305 e. The van der Waals surface area contributed by atoms with Crippen LogP contribution in [0, 0.1) is 0 Å². The first-order valence-electron chi connectivity index (χ1n) is 6.31. The third kappa shape index (κ3) is 2.06. The Hall–Kier alpha value is -1.95. The maximum atomic E-state index is 12.1. The van der Waals surface area contributed by atoms with Crippen molar-refractivity contribution in [2.45, 2.75) is 19.8 Å². The number of aromatic nitrogens is 4. The lowest BCUT2D eigenvalue weighted by atomic mass is 10.1. The SMILES string of the molecule is CC(C)c1[nH]nc2c(=O)[nH]c(-c3ccccc3Br)nc12. The van der Waals surface area contributed by atoms with Crippen molar-refractivity contribution >= 4 is 27.0 Å². The number of halogens is 1. The second-order valence-corrected chi connectivity index (χ2v) is 5.74. The second kappa shape index (κ2) is 4.86. The van der Waals surface area contributed by atoms with Crippen molar-refractivity contribution in [3.63, 3.8) is 0 Å². The summed E-state index contributed by atoms with van der Waals surface area (Å²) in [5.41, 5.74) is 2.48. The molecule has 20 heavy (non-hydrogen) atoms. The smallest absolute Gasteiger partial charge is 0.279 e. The Kier molecular flexibility index (Phi) is 3.17. The monoisotopic (exact) mass is 332 g/mol. The predicted octanol–water partition coefficient (Wildman–Crippen LogP) is 3.20. The van der Waals surface area contributed by atoms with Gasteiger partial charge in [0.05, 0.1) is 5.69 Å². The maximum absolute atomic E-state index is 12.1. The highest BCUT2D eigenvalue weighted by molar-refractivity contribution is 9.10. The summed E-state index contributed by atoms with van der Waals surface area (Å²) in [6.07, 6.45) is 0. The molecule has 3 rings (SSSR count). The molecule has 2 aromatic heterocycles. The molecule has 5 nitrogen and oxygen atoms in total. The molecule has 0 fully saturated rings. The van der Waals surface area contributed by atoms with Crippen molar-refractivity contribution in [2.75, 3.05) is 0 Å². The summed E-state index contributed by atoms with van der Waals surface area (Å²) < 4.78 is 0.886. The average molecular weight is 333 g/mol. The van der Waals surface area contributed by atoms with E-state index in [9.17, 15) is 4.79 Å². The lowest BCUT2D eigenvalue weighted by Gasteiger charge is -2.05. The molecule has 0 aliphatic heterocycles. The third-order valence-corrected chi connectivity index (χ3v) is 3.84. The van der Waals surface area contributed by atoms with E-state index < -0.39 is 0 Å².